The van der Waals surface area contributed by atoms with E-state index < -0.39 is 11.9 Å². The van der Waals surface area contributed by atoms with Crippen molar-refractivity contribution >= 4 is 23.6 Å². The van der Waals surface area contributed by atoms with Crippen LogP contribution in [0.25, 0.3) is 6.08 Å². The van der Waals surface area contributed by atoms with E-state index in [1.165, 1.54) is 0 Å². The average molecular weight is 418 g/mol. The van der Waals surface area contributed by atoms with Crippen molar-refractivity contribution < 1.29 is 19.1 Å². The molecule has 0 aliphatic carbocycles. The number of anilines is 1. The molecule has 1 aromatic heterocycles. The Morgan fingerprint density at radius 3 is 2.35 bits per heavy atom. The predicted molar refractivity (Wildman–Crippen MR) is 121 cm³/mol. The monoisotopic (exact) mass is 418 g/mol. The van der Waals surface area contributed by atoms with E-state index >= 15 is 0 Å². The summed E-state index contributed by atoms with van der Waals surface area (Å²) in [6, 6.07) is 21.9. The maximum absolute atomic E-state index is 12.3. The smallest absolute Gasteiger partial charge is 0.308 e. The van der Waals surface area contributed by atoms with Crippen molar-refractivity contribution in [2.45, 2.75) is 19.4 Å². The van der Waals surface area contributed by atoms with E-state index in [0.29, 0.717) is 18.0 Å². The van der Waals surface area contributed by atoms with Crippen LogP contribution in [0.15, 0.2) is 83.3 Å². The van der Waals surface area contributed by atoms with Gasteiger partial charge >= 0.3 is 5.97 Å². The Labute approximate surface area is 181 Å². The maximum atomic E-state index is 12.3. The quantitative estimate of drug-likeness (QED) is 0.452. The van der Waals surface area contributed by atoms with E-state index in [4.69, 9.17) is 4.42 Å². The third kappa shape index (κ3) is 6.69. The topological polar surface area (TPSA) is 91.6 Å². The zero-order chi connectivity index (χ0) is 22.1. The van der Waals surface area contributed by atoms with Crippen LogP contribution in [0.4, 0.5) is 5.69 Å². The van der Waals surface area contributed by atoms with Gasteiger partial charge in [0.15, 0.2) is 5.76 Å². The molecular weight excluding hydrogens is 392 g/mol. The standard InChI is InChI=1S/C25H26N2O4/c1-18(26-16-8-11-19-9-4-2-5-10-19)22(25(29)30)17-21-14-15-23(31-21)24(28)27-20-12-6-3-7-13-20/h2-15,18,22,26H,16-17H2,1H3,(H,27,28)(H,29,30)/b11-8+. The molecule has 0 aliphatic heterocycles. The first-order chi connectivity index (χ1) is 15.0. The largest absolute Gasteiger partial charge is 0.481 e. The van der Waals surface area contributed by atoms with Crippen LogP contribution in [-0.2, 0) is 11.2 Å². The van der Waals surface area contributed by atoms with Gasteiger partial charge in [0, 0.05) is 24.7 Å². The minimum atomic E-state index is -0.918. The lowest BCUT2D eigenvalue weighted by molar-refractivity contribution is -0.142. The molecule has 0 aliphatic rings. The third-order valence-corrected chi connectivity index (χ3v) is 4.93. The molecule has 3 aromatic rings. The van der Waals surface area contributed by atoms with Crippen molar-refractivity contribution in [2.24, 2.45) is 5.92 Å². The molecule has 2 atom stereocenters. The van der Waals surface area contributed by atoms with E-state index in [1.54, 1.807) is 24.3 Å². The van der Waals surface area contributed by atoms with Crippen LogP contribution in [0.2, 0.25) is 0 Å². The summed E-state index contributed by atoms with van der Waals surface area (Å²) in [7, 11) is 0. The number of amides is 1. The lowest BCUT2D eigenvalue weighted by Crippen LogP contribution is -2.39. The van der Waals surface area contributed by atoms with Gasteiger partial charge in [0.1, 0.15) is 5.76 Å². The number of carboxylic acid groups (broad SMARTS) is 1. The van der Waals surface area contributed by atoms with Crippen LogP contribution in [0.5, 0.6) is 0 Å². The number of benzene rings is 2. The molecular formula is C25H26N2O4. The van der Waals surface area contributed by atoms with E-state index in [1.807, 2.05) is 67.6 Å². The van der Waals surface area contributed by atoms with Crippen LogP contribution in [0.3, 0.4) is 0 Å². The van der Waals surface area contributed by atoms with Gasteiger partial charge in [-0.25, -0.2) is 0 Å². The molecule has 3 rings (SSSR count). The molecule has 6 nitrogen and oxygen atoms in total. The number of carbonyl (C=O) groups is 2. The molecule has 6 heteroatoms. The molecule has 0 bridgehead atoms. The number of nitrogens with one attached hydrogen (secondary N) is 2. The number of rotatable bonds is 10. The Balaban J connectivity index is 1.55. The molecule has 0 saturated heterocycles. The Morgan fingerprint density at radius 1 is 1.00 bits per heavy atom. The normalized spacial score (nSPS) is 13.1. The average Bonchev–Trinajstić information content (AvgIpc) is 3.25. The van der Waals surface area contributed by atoms with Crippen LogP contribution >= 0.6 is 0 Å². The first-order valence-corrected chi connectivity index (χ1v) is 10.2. The maximum Gasteiger partial charge on any atom is 0.308 e. The molecule has 3 N–H and O–H groups in total. The third-order valence-electron chi connectivity index (χ3n) is 4.93. The summed E-state index contributed by atoms with van der Waals surface area (Å²) in [6.45, 7) is 2.38. The number of hydrogen-bond acceptors (Lipinski definition) is 4. The minimum absolute atomic E-state index is 0.148. The zero-order valence-corrected chi connectivity index (χ0v) is 17.3. The molecule has 0 radical (unpaired) electrons. The molecule has 1 heterocycles. The van der Waals surface area contributed by atoms with E-state index in [0.717, 1.165) is 5.56 Å². The highest BCUT2D eigenvalue weighted by Gasteiger charge is 2.26. The number of hydrogen-bond donors (Lipinski definition) is 3. The molecule has 0 fully saturated rings. The highest BCUT2D eigenvalue weighted by atomic mass is 16.4. The lowest BCUT2D eigenvalue weighted by Gasteiger charge is -2.20. The Morgan fingerprint density at radius 2 is 1.68 bits per heavy atom. The van der Waals surface area contributed by atoms with Crippen molar-refractivity contribution in [1.29, 1.82) is 0 Å². The highest BCUT2D eigenvalue weighted by molar-refractivity contribution is 6.02. The second-order valence-electron chi connectivity index (χ2n) is 7.24. The van der Waals surface area contributed by atoms with Gasteiger partial charge in [-0.2, -0.15) is 0 Å². The van der Waals surface area contributed by atoms with E-state index in [2.05, 4.69) is 10.6 Å². The summed E-state index contributed by atoms with van der Waals surface area (Å²) < 4.78 is 5.61. The summed E-state index contributed by atoms with van der Waals surface area (Å²) in [4.78, 5) is 24.1. The molecule has 160 valence electrons. The molecule has 31 heavy (non-hydrogen) atoms. The zero-order valence-electron chi connectivity index (χ0n) is 17.3. The van der Waals surface area contributed by atoms with Crippen LogP contribution in [0.1, 0.15) is 28.8 Å². The second-order valence-corrected chi connectivity index (χ2v) is 7.24. The predicted octanol–water partition coefficient (Wildman–Crippen LogP) is 4.47. The minimum Gasteiger partial charge on any atom is -0.481 e. The molecule has 0 spiro atoms. The van der Waals surface area contributed by atoms with Crippen molar-refractivity contribution in [3.05, 3.63) is 96.0 Å². The van der Waals surface area contributed by atoms with E-state index in [-0.39, 0.29) is 24.1 Å². The lowest BCUT2D eigenvalue weighted by atomic mass is 9.96. The van der Waals surface area contributed by atoms with Gasteiger partial charge in [-0.1, -0.05) is 60.7 Å². The van der Waals surface area contributed by atoms with Crippen molar-refractivity contribution in [3.8, 4) is 0 Å². The molecule has 0 saturated carbocycles. The summed E-state index contributed by atoms with van der Waals surface area (Å²) in [6.07, 6.45) is 4.13. The number of para-hydroxylation sites is 1. The van der Waals surface area contributed by atoms with Gasteiger partial charge in [0.05, 0.1) is 5.92 Å². The number of aliphatic carboxylic acids is 1. The van der Waals surface area contributed by atoms with Gasteiger partial charge in [0.25, 0.3) is 5.91 Å². The van der Waals surface area contributed by atoms with Gasteiger partial charge in [-0.3, -0.25) is 9.59 Å². The SMILES string of the molecule is CC(NC/C=C/c1ccccc1)C(Cc1ccc(C(=O)Nc2ccccc2)o1)C(=O)O. The number of carbonyl (C=O) groups excluding carboxylic acids is 1. The summed E-state index contributed by atoms with van der Waals surface area (Å²) in [5, 5.41) is 15.6. The van der Waals surface area contributed by atoms with Gasteiger partial charge in [-0.15, -0.1) is 0 Å². The van der Waals surface area contributed by atoms with Crippen LogP contribution < -0.4 is 10.6 Å². The highest BCUT2D eigenvalue weighted by Crippen LogP contribution is 2.18. The fourth-order valence-electron chi connectivity index (χ4n) is 3.17. The van der Waals surface area contributed by atoms with Gasteiger partial charge in [0.2, 0.25) is 0 Å². The second kappa shape index (κ2) is 10.9. The molecule has 1 amide bonds. The Kier molecular flexibility index (Phi) is 7.79. The van der Waals surface area contributed by atoms with Crippen molar-refractivity contribution in [1.82, 2.24) is 5.32 Å². The van der Waals surface area contributed by atoms with E-state index in [9.17, 15) is 14.7 Å². The van der Waals surface area contributed by atoms with Crippen molar-refractivity contribution in [3.63, 3.8) is 0 Å². The molecule has 2 aromatic carbocycles. The Hall–Kier alpha value is -3.64. The fraction of sp³-hybridized carbons (Fsp3) is 0.200. The van der Waals surface area contributed by atoms with Crippen LogP contribution in [-0.4, -0.2) is 29.6 Å². The number of furan rings is 1. The van der Waals surface area contributed by atoms with Gasteiger partial charge in [-0.05, 0) is 36.8 Å². The summed E-state index contributed by atoms with van der Waals surface area (Å²) in [5.41, 5.74) is 1.75. The summed E-state index contributed by atoms with van der Waals surface area (Å²) in [5.74, 6) is -1.38. The van der Waals surface area contributed by atoms with Gasteiger partial charge < -0.3 is 20.2 Å². The molecule has 2 unspecified atom stereocenters. The summed E-state index contributed by atoms with van der Waals surface area (Å²) >= 11 is 0. The first kappa shape index (κ1) is 22.1. The Bertz CT molecular complexity index is 1010. The van der Waals surface area contributed by atoms with Crippen molar-refractivity contribution in [2.75, 3.05) is 11.9 Å². The number of carboxylic acids is 1. The first-order valence-electron chi connectivity index (χ1n) is 10.2. The fourth-order valence-corrected chi connectivity index (χ4v) is 3.17. The van der Waals surface area contributed by atoms with Crippen LogP contribution in [0, 0.1) is 5.92 Å².